The molecule has 0 aliphatic heterocycles. The largest absolute Gasteiger partial charge is 0.507 e. The topological polar surface area (TPSA) is 366 Å². The van der Waals surface area contributed by atoms with Gasteiger partial charge in [-0.1, -0.05) is 159 Å². The third-order valence-corrected chi connectivity index (χ3v) is 44.3. The fourth-order valence-corrected chi connectivity index (χ4v) is 18.2. The molecule has 0 bridgehead atoms. The van der Waals surface area contributed by atoms with Crippen molar-refractivity contribution in [3.63, 3.8) is 0 Å². The van der Waals surface area contributed by atoms with Gasteiger partial charge < -0.3 is 80.8 Å². The Balaban J connectivity index is 0.000000183. The quantitative estimate of drug-likeness (QED) is 0.0191. The van der Waals surface area contributed by atoms with Crippen LogP contribution in [0.2, 0.25) is 77.7 Å². The van der Waals surface area contributed by atoms with Crippen LogP contribution in [-0.4, -0.2) is 161 Å². The van der Waals surface area contributed by atoms with Crippen molar-refractivity contribution in [3.05, 3.63) is 271 Å². The van der Waals surface area contributed by atoms with E-state index in [-0.39, 0.29) is 45.4 Å². The first kappa shape index (κ1) is 112. The van der Waals surface area contributed by atoms with Crippen LogP contribution >= 0.6 is 27.5 Å². The van der Waals surface area contributed by atoms with Crippen LogP contribution in [0.4, 0.5) is 0 Å². The molecule has 10 aromatic heterocycles. The molecule has 28 nitrogen and oxygen atoms in total. The molecule has 16 aromatic rings. The van der Waals surface area contributed by atoms with Crippen LogP contribution in [0.3, 0.4) is 0 Å². The highest BCUT2D eigenvalue weighted by Gasteiger charge is 2.40. The van der Waals surface area contributed by atoms with E-state index >= 15 is 0 Å². The van der Waals surface area contributed by atoms with Gasteiger partial charge in [0.1, 0.15) is 88.7 Å². The van der Waals surface area contributed by atoms with E-state index < -0.39 is 33.3 Å². The fraction of sp³-hybridized carbons (Fsp3) is 0.368. The van der Waals surface area contributed by atoms with Crippen LogP contribution in [0.15, 0.2) is 232 Å². The van der Waals surface area contributed by atoms with E-state index in [4.69, 9.17) is 75.2 Å². The number of halogens is 2. The van der Waals surface area contributed by atoms with E-state index in [0.29, 0.717) is 77.1 Å². The maximum absolute atomic E-state index is 9.81. The Morgan fingerprint density at radius 2 is 0.707 bits per heavy atom. The van der Waals surface area contributed by atoms with Crippen LogP contribution < -0.4 is 19.9 Å². The van der Waals surface area contributed by atoms with Gasteiger partial charge in [0.25, 0.3) is 0 Å². The Morgan fingerprint density at radius 1 is 0.386 bits per heavy atom. The monoisotopic (exact) mass is 2050 g/mol. The van der Waals surface area contributed by atoms with Crippen molar-refractivity contribution in [2.75, 3.05) is 45.0 Å². The molecular formula is C106H136BrClN18O10Si4. The van der Waals surface area contributed by atoms with Crippen LogP contribution in [0.25, 0.3) is 65.4 Å². The van der Waals surface area contributed by atoms with Crippen LogP contribution in [0.5, 0.6) is 40.6 Å². The second kappa shape index (κ2) is 50.8. The van der Waals surface area contributed by atoms with E-state index in [2.05, 4.69) is 285 Å². The highest BCUT2D eigenvalue weighted by Crippen LogP contribution is 2.42. The lowest BCUT2D eigenvalue weighted by molar-refractivity contribution is 0.273. The van der Waals surface area contributed by atoms with Crippen LogP contribution in [0, 0.1) is 47.8 Å². The van der Waals surface area contributed by atoms with Gasteiger partial charge in [0.05, 0.1) is 60.8 Å². The smallest absolute Gasteiger partial charge is 0.223 e. The number of alkyl halides is 1. The Labute approximate surface area is 840 Å². The second-order valence-electron chi connectivity index (χ2n) is 39.3. The van der Waals surface area contributed by atoms with Gasteiger partial charge in [-0.05, 0) is 195 Å². The third-order valence-electron chi connectivity index (χ3n) is 25.6. The molecule has 0 amide bonds. The number of rotatable bonds is 26. The van der Waals surface area contributed by atoms with Crippen molar-refractivity contribution in [2.24, 2.45) is 5.73 Å². The predicted octanol–water partition coefficient (Wildman–Crippen LogP) is 25.1. The molecule has 0 fully saturated rings. The molecule has 0 radical (unpaired) electrons. The van der Waals surface area contributed by atoms with Gasteiger partial charge in [-0.2, -0.15) is 15.8 Å². The summed E-state index contributed by atoms with van der Waals surface area (Å²) < 4.78 is 52.7. The summed E-state index contributed by atoms with van der Waals surface area (Å²) in [5.74, 6) is 3.54. The number of ether oxygens (including phenoxy) is 3. The number of aliphatic hydroxyl groups is 2. The molecular weight excluding hydrogens is 1910 g/mol. The summed E-state index contributed by atoms with van der Waals surface area (Å²) in [6.45, 7) is 56.8. The van der Waals surface area contributed by atoms with Gasteiger partial charge in [0, 0.05) is 156 Å². The number of nitriles is 3. The number of nitrogens with zero attached hydrogens (tertiary/aromatic N) is 16. The molecule has 0 unspecified atom stereocenters. The van der Waals surface area contributed by atoms with Gasteiger partial charge in [-0.3, -0.25) is 0 Å². The average Bonchev–Trinajstić information content (AvgIpc) is 1.68. The first-order chi connectivity index (χ1) is 66.3. The molecule has 34 heteroatoms. The summed E-state index contributed by atoms with van der Waals surface area (Å²) in [4.78, 5) is 34.3. The summed E-state index contributed by atoms with van der Waals surface area (Å²) in [5.41, 5.74) is 16.4. The Bertz CT molecular complexity index is 6720. The van der Waals surface area contributed by atoms with Crippen molar-refractivity contribution in [3.8, 4) is 58.8 Å². The number of benzene rings is 6. The second-order valence-corrected chi connectivity index (χ2v) is 59.7. The summed E-state index contributed by atoms with van der Waals surface area (Å²) in [6, 6.07) is 59.9. The van der Waals surface area contributed by atoms with E-state index in [1.54, 1.807) is 12.1 Å². The Hall–Kier alpha value is -12.1. The van der Waals surface area contributed by atoms with Crippen LogP contribution in [0.1, 0.15) is 117 Å². The molecule has 140 heavy (non-hydrogen) atoms. The van der Waals surface area contributed by atoms with E-state index in [0.717, 1.165) is 94.1 Å². The molecule has 6 N–H and O–H groups in total. The lowest BCUT2D eigenvalue weighted by Crippen LogP contribution is -2.41. The molecule has 0 aliphatic rings. The summed E-state index contributed by atoms with van der Waals surface area (Å²) >= 11 is 8.79. The zero-order chi connectivity index (χ0) is 102. The first-order valence-corrected chi connectivity index (χ1v) is 59.7. The number of nitrogens with one attached hydrogen (secondary N) is 1. The zero-order valence-electron chi connectivity index (χ0n) is 84.8. The number of fused-ring (bicyclic) bond motifs is 6. The number of phenols is 1. The Morgan fingerprint density at radius 3 is 1.07 bits per heavy atom. The van der Waals surface area contributed by atoms with E-state index in [1.165, 1.54) is 76.4 Å². The lowest BCUT2D eigenvalue weighted by Gasteiger charge is -2.36. The molecule has 0 saturated carbocycles. The first-order valence-electron chi connectivity index (χ1n) is 46.6. The van der Waals surface area contributed by atoms with Gasteiger partial charge in [-0.15, -0.1) is 0 Å². The van der Waals surface area contributed by atoms with Gasteiger partial charge in [-0.25, -0.2) is 39.9 Å². The minimum atomic E-state index is -1.76. The molecule has 16 rings (SSSR count). The fourth-order valence-electron chi connectivity index (χ4n) is 13.4. The van der Waals surface area contributed by atoms with Crippen molar-refractivity contribution in [1.29, 1.82) is 15.8 Å². The van der Waals surface area contributed by atoms with E-state index in [1.807, 2.05) is 143 Å². The number of aromatic hydroxyl groups is 1. The SMILES string of the molecule is CC(C)(C)[Si](C)(C)OCCBr.CC(C)(C)[Si](C)(C)OCCn1ccc2c(O)cccc21.CC(C)(C)[Si](C)(C)OCCn1ccc2c(Oc3cc(C#N)ncn3)cccc21.Cc1cccc2[nH]ccc12.Cc1cccc2c1ccn2CCO[Si](C)(C)C(C)(C)C.N#Cc1cc(Cl)ncn1.N#Cc1cc(Oc2cccc3c2ccn3CCO)ncn1.NCc1cc(Oc2cccc3c2ccn3CCO)ncn1. The van der Waals surface area contributed by atoms with E-state index in [9.17, 15) is 5.11 Å². The third kappa shape index (κ3) is 31.2. The molecule has 10 heterocycles. The molecule has 6 aromatic carbocycles. The van der Waals surface area contributed by atoms with Crippen molar-refractivity contribution in [2.45, 2.75) is 209 Å². The molecule has 0 spiro atoms. The zero-order valence-corrected chi connectivity index (χ0v) is 91.2. The number of H-pyrrole nitrogens is 1. The number of aromatic nitrogens is 14. The highest BCUT2D eigenvalue weighted by atomic mass is 79.9. The number of aromatic amines is 1. The average molecular weight is 2050 g/mol. The highest BCUT2D eigenvalue weighted by molar-refractivity contribution is 9.09. The van der Waals surface area contributed by atoms with Gasteiger partial charge in [0.2, 0.25) is 17.6 Å². The predicted molar refractivity (Wildman–Crippen MR) is 575 cm³/mol. The molecule has 0 atom stereocenters. The number of nitrogens with two attached hydrogens (primary N) is 1. The van der Waals surface area contributed by atoms with Gasteiger partial charge >= 0.3 is 0 Å². The number of aliphatic hydroxyl groups excluding tert-OH is 2. The van der Waals surface area contributed by atoms with Crippen molar-refractivity contribution >= 4 is 126 Å². The maximum atomic E-state index is 9.81. The number of hydrogen-bond donors (Lipinski definition) is 5. The van der Waals surface area contributed by atoms with Crippen molar-refractivity contribution < 1.29 is 47.2 Å². The number of phenolic OH excluding ortho intramolecular Hbond substituents is 1. The lowest BCUT2D eigenvalue weighted by atomic mass is 10.1. The normalized spacial score (nSPS) is 11.7. The number of aryl methyl sites for hydroxylation is 2. The standard InChI is InChI=1S/C21H26N4O2Si.C17H27NOSi.C16H25NO2Si.C15H16N4O2.C15H12N4O2.C9H9N.C8H19BrOSi.C5H2ClN3/c1-21(2,3)28(4,5)26-12-11-25-10-9-17-18(25)7-6-8-19(17)27-20-13-16(14-22)23-15-24-20;1-14-8-7-9-16-15(14)10-11-18(16)12-13-19-20(5,6)17(2,3)4;1-16(2,3)20(4,5)19-12-11-17-10-9-13-14(17)7-6-8-15(13)18;2*16-9-11-8-15(18-10-17-11)21-14-3-1-2-13-12(14)4-5-19(13)6-7-20;1-7-3-2-4-9-8(7)5-6-10-9;1-8(2,3)11(4,5)10-7-6-9;6-5-1-4(2-7)8-3-9-5/h6-10,13,15H,11-12H2,1-5H3;7-11H,12-13H2,1-6H3;6-10,18H,11-12H2,1-5H3;1-5,8,10,20H,6-7,9,16H2;1-5,8,10,20H,6-7H2;2-6,10H,1H3;6-7H2,1-5H3;1,3H. The van der Waals surface area contributed by atoms with Crippen LogP contribution in [-0.2, 0) is 57.0 Å². The molecule has 740 valence electrons. The Kier molecular flexibility index (Phi) is 40.5. The summed E-state index contributed by atoms with van der Waals surface area (Å²) in [7, 11) is -6.52. The maximum Gasteiger partial charge on any atom is 0.223 e. The number of hydrogen-bond acceptors (Lipinski definition) is 22. The summed E-state index contributed by atoms with van der Waals surface area (Å²) in [6.07, 6.45) is 17.3. The summed E-state index contributed by atoms with van der Waals surface area (Å²) in [5, 5.41) is 62.8. The minimum absolute atomic E-state index is 0.0757. The van der Waals surface area contributed by atoms with Gasteiger partial charge in [0.15, 0.2) is 33.3 Å². The molecule has 0 aliphatic carbocycles. The molecule has 0 saturated heterocycles. The van der Waals surface area contributed by atoms with Crippen molar-refractivity contribution in [1.82, 2.24) is 67.7 Å². The minimum Gasteiger partial charge on any atom is -0.507 e.